The number of rotatable bonds is 5. The molecule has 1 aliphatic heterocycles. The molecule has 3 aromatic carbocycles. The lowest BCUT2D eigenvalue weighted by Gasteiger charge is -2.22. The second kappa shape index (κ2) is 7.79. The molecule has 0 atom stereocenters. The smallest absolute Gasteiger partial charge is 0.267 e. The van der Waals surface area contributed by atoms with Crippen LogP contribution in [0.15, 0.2) is 84.1 Å². The van der Waals surface area contributed by atoms with Gasteiger partial charge in [-0.15, -0.1) is 5.10 Å². The summed E-state index contributed by atoms with van der Waals surface area (Å²) >= 11 is 0. The fourth-order valence-corrected chi connectivity index (χ4v) is 3.61. The maximum atomic E-state index is 12.8. The number of nitrogens with zero attached hydrogens (tertiary/aromatic N) is 5. The van der Waals surface area contributed by atoms with Crippen LogP contribution in [0.5, 0.6) is 0 Å². The third-order valence-electron chi connectivity index (χ3n) is 5.03. The minimum Gasteiger partial charge on any atom is -0.267 e. The van der Waals surface area contributed by atoms with Crippen molar-refractivity contribution in [3.05, 3.63) is 101 Å². The lowest BCUT2D eigenvalue weighted by atomic mass is 9.95. The molecule has 2 heterocycles. The second-order valence-electron chi connectivity index (χ2n) is 7.08. The van der Waals surface area contributed by atoms with Crippen LogP contribution in [-0.2, 0) is 6.54 Å². The first-order valence-electron chi connectivity index (χ1n) is 9.76. The molecule has 150 valence electrons. The quantitative estimate of drug-likeness (QED) is 0.373. The third kappa shape index (κ3) is 3.53. The van der Waals surface area contributed by atoms with Crippen LogP contribution in [-0.4, -0.2) is 38.0 Å². The van der Waals surface area contributed by atoms with Crippen molar-refractivity contribution in [1.82, 2.24) is 20.0 Å². The third-order valence-corrected chi connectivity index (χ3v) is 5.03. The molecule has 0 radical (unpaired) electrons. The van der Waals surface area contributed by atoms with Crippen molar-refractivity contribution in [2.45, 2.75) is 6.54 Å². The Balaban J connectivity index is 1.32. The summed E-state index contributed by atoms with van der Waals surface area (Å²) in [6, 6.07) is 20.8. The first-order chi connectivity index (χ1) is 15.2. The topological polar surface area (TPSA) is 80.5 Å². The average molecular weight is 407 g/mol. The van der Waals surface area contributed by atoms with E-state index >= 15 is 0 Å². The van der Waals surface area contributed by atoms with Gasteiger partial charge >= 0.3 is 0 Å². The molecule has 4 aromatic rings. The van der Waals surface area contributed by atoms with Gasteiger partial charge in [-0.05, 0) is 35.2 Å². The summed E-state index contributed by atoms with van der Waals surface area (Å²) in [5, 5.41) is 14.7. The summed E-state index contributed by atoms with van der Waals surface area (Å²) in [7, 11) is 0. The highest BCUT2D eigenvalue weighted by Gasteiger charge is 2.32. The summed E-state index contributed by atoms with van der Waals surface area (Å²) < 4.78 is 1.74. The maximum absolute atomic E-state index is 12.8. The van der Waals surface area contributed by atoms with Gasteiger partial charge in [0.2, 0.25) is 0 Å². The molecule has 0 saturated heterocycles. The van der Waals surface area contributed by atoms with Gasteiger partial charge in [-0.2, -0.15) is 10.1 Å². The zero-order valence-corrected chi connectivity index (χ0v) is 16.4. The molecule has 0 N–H and O–H groups in total. The van der Waals surface area contributed by atoms with Crippen molar-refractivity contribution in [2.24, 2.45) is 5.10 Å². The van der Waals surface area contributed by atoms with Crippen LogP contribution in [0.3, 0.4) is 0 Å². The lowest BCUT2D eigenvalue weighted by Crippen LogP contribution is -2.36. The van der Waals surface area contributed by atoms with E-state index in [1.807, 2.05) is 48.7 Å². The Labute approximate surface area is 177 Å². The summed E-state index contributed by atoms with van der Waals surface area (Å²) in [5.41, 5.74) is 2.71. The van der Waals surface area contributed by atoms with Gasteiger partial charge in [-0.3, -0.25) is 9.59 Å². The Kier molecular flexibility index (Phi) is 4.68. The molecule has 1 aliphatic rings. The highest BCUT2D eigenvalue weighted by atomic mass is 16.2. The minimum atomic E-state index is -0.437. The number of amides is 2. The first-order valence-corrected chi connectivity index (χ1v) is 9.76. The van der Waals surface area contributed by atoms with E-state index in [9.17, 15) is 9.59 Å². The summed E-state index contributed by atoms with van der Waals surface area (Å²) in [6.07, 6.45) is 6.55. The van der Waals surface area contributed by atoms with Crippen LogP contribution < -0.4 is 0 Å². The van der Waals surface area contributed by atoms with Crippen molar-refractivity contribution in [2.75, 3.05) is 0 Å². The summed E-state index contributed by atoms with van der Waals surface area (Å²) in [6.45, 7) is 0.623. The predicted molar refractivity (Wildman–Crippen MR) is 118 cm³/mol. The van der Waals surface area contributed by atoms with Crippen molar-refractivity contribution >= 4 is 34.9 Å². The number of carbonyl (C=O) groups is 2. The molecule has 0 bridgehead atoms. The molecule has 7 heteroatoms. The van der Waals surface area contributed by atoms with E-state index < -0.39 is 11.8 Å². The van der Waals surface area contributed by atoms with Crippen LogP contribution in [0.25, 0.3) is 16.8 Å². The van der Waals surface area contributed by atoms with Crippen molar-refractivity contribution in [3.63, 3.8) is 0 Å². The molecule has 0 unspecified atom stereocenters. The molecule has 0 fully saturated rings. The van der Waals surface area contributed by atoms with Gasteiger partial charge in [0.05, 0.1) is 23.9 Å². The maximum Gasteiger partial charge on any atom is 0.282 e. The van der Waals surface area contributed by atoms with E-state index in [0.717, 1.165) is 16.0 Å². The molecule has 31 heavy (non-hydrogen) atoms. The number of hydrogen-bond acceptors (Lipinski definition) is 5. The van der Waals surface area contributed by atoms with Crippen LogP contribution in [0.2, 0.25) is 0 Å². The van der Waals surface area contributed by atoms with Crippen molar-refractivity contribution in [1.29, 1.82) is 0 Å². The minimum absolute atomic E-state index is 0.437. The summed E-state index contributed by atoms with van der Waals surface area (Å²) in [4.78, 5) is 25.6. The standard InChI is InChI=1S/C24H17N5O2/c30-23-20-12-4-9-18-10-5-13-21(22(18)20)24(31)29(23)25-14-6-11-19-16-28(27-26-19)15-17-7-2-1-3-8-17/h1-14,16H,15H2/b11-6+,25-14-. The number of imide groups is 1. The Morgan fingerprint density at radius 2 is 1.58 bits per heavy atom. The molecular weight excluding hydrogens is 390 g/mol. The number of allylic oxidation sites excluding steroid dienone is 1. The highest BCUT2D eigenvalue weighted by Crippen LogP contribution is 2.29. The van der Waals surface area contributed by atoms with E-state index in [-0.39, 0.29) is 0 Å². The number of aromatic nitrogens is 3. The Morgan fingerprint density at radius 3 is 2.29 bits per heavy atom. The predicted octanol–water partition coefficient (Wildman–Crippen LogP) is 3.77. The van der Waals surface area contributed by atoms with Crippen LogP contribution in [0.1, 0.15) is 32.0 Å². The molecule has 2 amide bonds. The molecule has 0 saturated carbocycles. The van der Waals surface area contributed by atoms with Gasteiger partial charge in [-0.25, -0.2) is 4.68 Å². The number of hydrogen-bond donors (Lipinski definition) is 0. The highest BCUT2D eigenvalue weighted by molar-refractivity contribution is 6.25. The van der Waals surface area contributed by atoms with E-state index in [1.54, 1.807) is 41.1 Å². The largest absolute Gasteiger partial charge is 0.282 e. The molecule has 0 aliphatic carbocycles. The van der Waals surface area contributed by atoms with Gasteiger partial charge < -0.3 is 0 Å². The summed E-state index contributed by atoms with van der Waals surface area (Å²) in [5.74, 6) is -0.875. The monoisotopic (exact) mass is 407 g/mol. The Morgan fingerprint density at radius 1 is 0.871 bits per heavy atom. The second-order valence-corrected chi connectivity index (χ2v) is 7.08. The zero-order chi connectivity index (χ0) is 21.2. The Bertz CT molecular complexity index is 1300. The van der Waals surface area contributed by atoms with Gasteiger partial charge in [-0.1, -0.05) is 59.8 Å². The zero-order valence-electron chi connectivity index (χ0n) is 16.4. The van der Waals surface area contributed by atoms with E-state index in [2.05, 4.69) is 15.4 Å². The Hall–Kier alpha value is -4.39. The molecule has 0 spiro atoms. The van der Waals surface area contributed by atoms with Gasteiger partial charge in [0, 0.05) is 11.6 Å². The molecule has 7 nitrogen and oxygen atoms in total. The van der Waals surface area contributed by atoms with E-state index in [0.29, 0.717) is 28.8 Å². The van der Waals surface area contributed by atoms with Crippen molar-refractivity contribution < 1.29 is 9.59 Å². The van der Waals surface area contributed by atoms with E-state index in [4.69, 9.17) is 0 Å². The van der Waals surface area contributed by atoms with Crippen LogP contribution in [0.4, 0.5) is 0 Å². The van der Waals surface area contributed by atoms with Gasteiger partial charge in [0.1, 0.15) is 5.69 Å². The SMILES string of the molecule is O=C1c2cccc3cccc(c23)C(=O)N1/N=C\C=C\c1cn(Cc2ccccc2)nn1. The number of carbonyl (C=O) groups excluding carboxylic acids is 2. The molecule has 1 aromatic heterocycles. The van der Waals surface area contributed by atoms with Crippen molar-refractivity contribution in [3.8, 4) is 0 Å². The van der Waals surface area contributed by atoms with Crippen LogP contribution >= 0.6 is 0 Å². The number of hydrazone groups is 1. The number of benzene rings is 3. The lowest BCUT2D eigenvalue weighted by molar-refractivity contribution is 0.0616. The van der Waals surface area contributed by atoms with Gasteiger partial charge in [0.25, 0.3) is 11.8 Å². The fourth-order valence-electron chi connectivity index (χ4n) is 3.61. The normalized spacial score (nSPS) is 13.7. The van der Waals surface area contributed by atoms with Crippen LogP contribution in [0, 0.1) is 0 Å². The van der Waals surface area contributed by atoms with E-state index in [1.165, 1.54) is 6.21 Å². The first kappa shape index (κ1) is 18.6. The average Bonchev–Trinajstić information content (AvgIpc) is 3.24. The van der Waals surface area contributed by atoms with Gasteiger partial charge in [0.15, 0.2) is 0 Å². The molecule has 5 rings (SSSR count). The fraction of sp³-hybridized carbons (Fsp3) is 0.0417. The molecular formula is C24H17N5O2.